The lowest BCUT2D eigenvalue weighted by Gasteiger charge is -2.10. The van der Waals surface area contributed by atoms with E-state index >= 15 is 0 Å². The highest BCUT2D eigenvalue weighted by Gasteiger charge is 2.26. The second-order valence-electron chi connectivity index (χ2n) is 5.71. The lowest BCUT2D eigenvalue weighted by molar-refractivity contribution is -0.384. The van der Waals surface area contributed by atoms with Gasteiger partial charge < -0.3 is 15.4 Å². The molecule has 8 nitrogen and oxygen atoms in total. The lowest BCUT2D eigenvalue weighted by atomic mass is 10.1. The first-order valence-electron chi connectivity index (χ1n) is 7.38. The number of ether oxygens (including phenoxy) is 1. The molecular weight excluding hydrogens is 302 g/mol. The summed E-state index contributed by atoms with van der Waals surface area (Å²) in [6.07, 6.45) is 1.96. The Morgan fingerprint density at radius 3 is 2.65 bits per heavy atom. The number of nitro benzene ring substituents is 1. The van der Waals surface area contributed by atoms with Gasteiger partial charge in [0.05, 0.1) is 10.5 Å². The van der Waals surface area contributed by atoms with Gasteiger partial charge in [0.15, 0.2) is 6.61 Å². The molecule has 0 saturated heterocycles. The van der Waals surface area contributed by atoms with Gasteiger partial charge in [0, 0.05) is 18.2 Å². The Hall–Kier alpha value is -2.64. The average molecular weight is 321 g/mol. The van der Waals surface area contributed by atoms with Crippen molar-refractivity contribution in [2.45, 2.75) is 38.8 Å². The number of carbonyl (C=O) groups is 2. The second kappa shape index (κ2) is 7.08. The summed E-state index contributed by atoms with van der Waals surface area (Å²) < 4.78 is 4.86. The van der Waals surface area contributed by atoms with Crippen LogP contribution in [0, 0.1) is 10.1 Å². The van der Waals surface area contributed by atoms with Gasteiger partial charge in [-0.25, -0.2) is 4.79 Å². The molecule has 2 N–H and O–H groups in total. The topological polar surface area (TPSA) is 111 Å². The molecule has 124 valence electrons. The molecular formula is C15H19N3O5. The van der Waals surface area contributed by atoms with Crippen LogP contribution in [0.25, 0.3) is 0 Å². The predicted octanol–water partition coefficient (Wildman–Crippen LogP) is 1.85. The average Bonchev–Trinajstić information content (AvgIpc) is 3.28. The molecule has 1 aromatic rings. The highest BCUT2D eigenvalue weighted by Crippen LogP contribution is 2.31. The SMILES string of the molecule is CC(C)NC(=O)COC(=O)c1ccc(NC2CC2)c([N+](=O)[O-])c1. The van der Waals surface area contributed by atoms with Crippen molar-refractivity contribution < 1.29 is 19.2 Å². The predicted molar refractivity (Wildman–Crippen MR) is 83.3 cm³/mol. The van der Waals surface area contributed by atoms with Crippen molar-refractivity contribution in [1.29, 1.82) is 0 Å². The zero-order valence-corrected chi connectivity index (χ0v) is 13.0. The fraction of sp³-hybridized carbons (Fsp3) is 0.467. The van der Waals surface area contributed by atoms with E-state index in [9.17, 15) is 19.7 Å². The minimum Gasteiger partial charge on any atom is -0.452 e. The first-order valence-corrected chi connectivity index (χ1v) is 7.38. The Labute approximate surface area is 133 Å². The monoisotopic (exact) mass is 321 g/mol. The Kier molecular flexibility index (Phi) is 5.15. The van der Waals surface area contributed by atoms with Crippen molar-refractivity contribution in [3.8, 4) is 0 Å². The number of carbonyl (C=O) groups excluding carboxylic acids is 2. The molecule has 1 aliphatic rings. The number of rotatable bonds is 7. The van der Waals surface area contributed by atoms with Crippen LogP contribution < -0.4 is 10.6 Å². The number of amides is 1. The van der Waals surface area contributed by atoms with Gasteiger partial charge in [0.25, 0.3) is 11.6 Å². The Bertz CT molecular complexity index is 626. The third kappa shape index (κ3) is 4.94. The van der Waals surface area contributed by atoms with E-state index in [2.05, 4.69) is 10.6 Å². The van der Waals surface area contributed by atoms with Crippen LogP contribution in [-0.4, -0.2) is 35.5 Å². The van der Waals surface area contributed by atoms with Gasteiger partial charge in [0.2, 0.25) is 0 Å². The normalized spacial score (nSPS) is 13.5. The number of anilines is 1. The molecule has 1 amide bonds. The van der Waals surface area contributed by atoms with Crippen molar-refractivity contribution in [2.75, 3.05) is 11.9 Å². The zero-order valence-electron chi connectivity index (χ0n) is 13.0. The van der Waals surface area contributed by atoms with E-state index in [1.807, 2.05) is 0 Å². The van der Waals surface area contributed by atoms with Crippen LogP contribution in [0.2, 0.25) is 0 Å². The van der Waals surface area contributed by atoms with Crippen LogP contribution in [0.15, 0.2) is 18.2 Å². The molecule has 8 heteroatoms. The first kappa shape index (κ1) is 16.7. The van der Waals surface area contributed by atoms with Crippen molar-refractivity contribution in [1.82, 2.24) is 5.32 Å². The third-order valence-electron chi connectivity index (χ3n) is 3.15. The summed E-state index contributed by atoms with van der Waals surface area (Å²) in [5.74, 6) is -1.19. The molecule has 0 aromatic heterocycles. The summed E-state index contributed by atoms with van der Waals surface area (Å²) in [6, 6.07) is 4.29. The summed E-state index contributed by atoms with van der Waals surface area (Å²) in [5.41, 5.74) is 0.236. The molecule has 1 aliphatic carbocycles. The number of nitrogens with zero attached hydrogens (tertiary/aromatic N) is 1. The molecule has 0 atom stereocenters. The minimum absolute atomic E-state index is 0.0374. The van der Waals surface area contributed by atoms with E-state index < -0.39 is 23.4 Å². The third-order valence-corrected chi connectivity index (χ3v) is 3.15. The van der Waals surface area contributed by atoms with Crippen LogP contribution in [0.5, 0.6) is 0 Å². The molecule has 0 radical (unpaired) electrons. The number of nitrogens with one attached hydrogen (secondary N) is 2. The maximum absolute atomic E-state index is 11.9. The summed E-state index contributed by atoms with van der Waals surface area (Å²) in [6.45, 7) is 3.15. The quantitative estimate of drug-likeness (QED) is 0.450. The highest BCUT2D eigenvalue weighted by molar-refractivity contribution is 5.93. The number of hydrogen-bond acceptors (Lipinski definition) is 6. The van der Waals surface area contributed by atoms with E-state index in [1.165, 1.54) is 12.1 Å². The molecule has 0 unspecified atom stereocenters. The van der Waals surface area contributed by atoms with E-state index in [4.69, 9.17) is 4.74 Å². The number of hydrogen-bond donors (Lipinski definition) is 2. The first-order chi connectivity index (χ1) is 10.9. The Morgan fingerprint density at radius 2 is 2.09 bits per heavy atom. The maximum atomic E-state index is 11.9. The summed E-state index contributed by atoms with van der Waals surface area (Å²) in [5, 5.41) is 16.8. The molecule has 0 heterocycles. The standard InChI is InChI=1S/C15H19N3O5/c1-9(2)16-14(19)8-23-15(20)10-3-6-12(17-11-4-5-11)13(7-10)18(21)22/h3,6-7,9,11,17H,4-5,8H2,1-2H3,(H,16,19). The second-order valence-corrected chi connectivity index (χ2v) is 5.71. The largest absolute Gasteiger partial charge is 0.452 e. The van der Waals surface area contributed by atoms with Crippen molar-refractivity contribution in [3.05, 3.63) is 33.9 Å². The number of benzene rings is 1. The highest BCUT2D eigenvalue weighted by atomic mass is 16.6. The maximum Gasteiger partial charge on any atom is 0.338 e. The molecule has 2 rings (SSSR count). The molecule has 0 spiro atoms. The van der Waals surface area contributed by atoms with Gasteiger partial charge in [0.1, 0.15) is 5.69 Å². The van der Waals surface area contributed by atoms with E-state index in [-0.39, 0.29) is 23.3 Å². The van der Waals surface area contributed by atoms with E-state index in [1.54, 1.807) is 13.8 Å². The van der Waals surface area contributed by atoms with Gasteiger partial charge in [-0.1, -0.05) is 0 Å². The fourth-order valence-electron chi connectivity index (χ4n) is 1.96. The van der Waals surface area contributed by atoms with Crippen LogP contribution in [0.1, 0.15) is 37.0 Å². The van der Waals surface area contributed by atoms with Gasteiger partial charge in [-0.2, -0.15) is 0 Å². The van der Waals surface area contributed by atoms with Gasteiger partial charge in [-0.15, -0.1) is 0 Å². The molecule has 0 aliphatic heterocycles. The molecule has 23 heavy (non-hydrogen) atoms. The lowest BCUT2D eigenvalue weighted by Crippen LogP contribution is -2.34. The van der Waals surface area contributed by atoms with Crippen LogP contribution in [-0.2, 0) is 9.53 Å². The smallest absolute Gasteiger partial charge is 0.338 e. The molecule has 1 saturated carbocycles. The van der Waals surface area contributed by atoms with Crippen molar-refractivity contribution in [3.63, 3.8) is 0 Å². The Balaban J connectivity index is 2.03. The zero-order chi connectivity index (χ0) is 17.0. The van der Waals surface area contributed by atoms with Gasteiger partial charge in [-0.3, -0.25) is 14.9 Å². The van der Waals surface area contributed by atoms with Crippen molar-refractivity contribution >= 4 is 23.3 Å². The van der Waals surface area contributed by atoms with Crippen LogP contribution in [0.4, 0.5) is 11.4 Å². The Morgan fingerprint density at radius 1 is 1.39 bits per heavy atom. The number of esters is 1. The summed E-state index contributed by atoms with van der Waals surface area (Å²) in [4.78, 5) is 33.9. The molecule has 0 bridgehead atoms. The summed E-state index contributed by atoms with van der Waals surface area (Å²) in [7, 11) is 0. The van der Waals surface area contributed by atoms with E-state index in [0.717, 1.165) is 18.9 Å². The molecule has 1 aromatic carbocycles. The van der Waals surface area contributed by atoms with Crippen LogP contribution in [0.3, 0.4) is 0 Å². The summed E-state index contributed by atoms with van der Waals surface area (Å²) >= 11 is 0. The van der Waals surface area contributed by atoms with Crippen LogP contribution >= 0.6 is 0 Å². The fourth-order valence-corrected chi connectivity index (χ4v) is 1.96. The van der Waals surface area contributed by atoms with Gasteiger partial charge in [-0.05, 0) is 38.8 Å². The van der Waals surface area contributed by atoms with E-state index in [0.29, 0.717) is 5.69 Å². The minimum atomic E-state index is -0.773. The van der Waals surface area contributed by atoms with Gasteiger partial charge >= 0.3 is 5.97 Å². The number of nitro groups is 1. The van der Waals surface area contributed by atoms with Crippen molar-refractivity contribution in [2.24, 2.45) is 0 Å². The molecule has 1 fully saturated rings.